The Balaban J connectivity index is 1.55. The topological polar surface area (TPSA) is 140 Å². The molecule has 0 amide bonds. The normalized spacial score (nSPS) is 25.4. The van der Waals surface area contributed by atoms with Crippen molar-refractivity contribution in [2.24, 2.45) is 0 Å². The second kappa shape index (κ2) is 7.44. The van der Waals surface area contributed by atoms with E-state index in [9.17, 15) is 29.7 Å². The zero-order chi connectivity index (χ0) is 24.5. The second-order valence-corrected chi connectivity index (χ2v) is 8.97. The van der Waals surface area contributed by atoms with Crippen molar-refractivity contribution in [3.63, 3.8) is 0 Å². The van der Waals surface area contributed by atoms with Crippen molar-refractivity contribution in [3.05, 3.63) is 70.0 Å². The molecule has 3 N–H and O–H groups in total. The number of hydrogen-bond donors (Lipinski definition) is 3. The summed E-state index contributed by atoms with van der Waals surface area (Å²) in [5.74, 6) is -2.50. The van der Waals surface area contributed by atoms with Gasteiger partial charge >= 0.3 is 11.9 Å². The minimum atomic E-state index is -1.94. The quantitative estimate of drug-likeness (QED) is 0.487. The highest BCUT2D eigenvalue weighted by Gasteiger charge is 2.60. The number of hydrogen-bond acceptors (Lipinski definition) is 9. The number of ether oxygens (including phenoxy) is 3. The van der Waals surface area contributed by atoms with Crippen LogP contribution in [0.1, 0.15) is 24.0 Å². The maximum Gasteiger partial charge on any atom is 0.375 e. The fourth-order valence-electron chi connectivity index (χ4n) is 5.29. The van der Waals surface area contributed by atoms with Crippen LogP contribution in [0, 0.1) is 0 Å². The molecule has 0 saturated carbocycles. The Labute approximate surface area is 198 Å². The highest BCUT2D eigenvalue weighted by molar-refractivity contribution is 6.06. The second-order valence-electron chi connectivity index (χ2n) is 8.97. The number of carbonyl (C=O) groups is 3. The first-order chi connectivity index (χ1) is 16.8. The molecule has 35 heavy (non-hydrogen) atoms. The highest BCUT2D eigenvalue weighted by Crippen LogP contribution is 2.50. The van der Waals surface area contributed by atoms with Gasteiger partial charge in [0.05, 0.1) is 17.8 Å². The average Bonchev–Trinajstić information content (AvgIpc) is 3.34. The molecule has 178 valence electrons. The molecule has 0 fully saturated rings. The summed E-state index contributed by atoms with van der Waals surface area (Å²) in [6.45, 7) is -0.0425. The Morgan fingerprint density at radius 3 is 2.31 bits per heavy atom. The van der Waals surface area contributed by atoms with Gasteiger partial charge in [0.25, 0.3) is 0 Å². The largest absolute Gasteiger partial charge is 0.507 e. The van der Waals surface area contributed by atoms with Gasteiger partial charge in [-0.3, -0.25) is 4.79 Å². The number of rotatable bonds is 0. The van der Waals surface area contributed by atoms with Gasteiger partial charge in [0.15, 0.2) is 5.78 Å². The summed E-state index contributed by atoms with van der Waals surface area (Å²) in [4.78, 5) is 38.9. The van der Waals surface area contributed by atoms with Crippen molar-refractivity contribution in [2.45, 2.75) is 37.6 Å². The number of carbonyl (C=O) groups excluding carboxylic acids is 3. The number of cyclic esters (lactones) is 1. The third-order valence-electron chi connectivity index (χ3n) is 6.91. The van der Waals surface area contributed by atoms with E-state index in [1.165, 1.54) is 12.1 Å². The molecule has 9 heteroatoms. The first-order valence-electron chi connectivity index (χ1n) is 11.2. The Morgan fingerprint density at radius 2 is 1.57 bits per heavy atom. The molecule has 3 aliphatic heterocycles. The zero-order valence-corrected chi connectivity index (χ0v) is 18.4. The minimum Gasteiger partial charge on any atom is -0.507 e. The predicted octanol–water partition coefficient (Wildman–Crippen LogP) is 1.96. The van der Waals surface area contributed by atoms with Crippen LogP contribution in [-0.4, -0.2) is 51.5 Å². The lowest BCUT2D eigenvalue weighted by atomic mass is 9.80. The maximum atomic E-state index is 13.6. The number of phenolic OH excluding ortho intramolecular Hbond substituents is 2. The Hall–Kier alpha value is -4.11. The summed E-state index contributed by atoms with van der Waals surface area (Å²) in [7, 11) is 0. The maximum absolute atomic E-state index is 13.6. The number of aliphatic hydroxyl groups is 1. The van der Waals surface area contributed by atoms with Crippen molar-refractivity contribution in [1.82, 2.24) is 0 Å². The minimum absolute atomic E-state index is 0.0200. The number of phenols is 2. The summed E-state index contributed by atoms with van der Waals surface area (Å²) in [6, 6.07) is 9.51. The molecule has 1 spiro atoms. The fourth-order valence-corrected chi connectivity index (χ4v) is 5.29. The first kappa shape index (κ1) is 21.4. The summed E-state index contributed by atoms with van der Waals surface area (Å²) in [5, 5.41) is 31.3. The highest BCUT2D eigenvalue weighted by atomic mass is 16.7. The van der Waals surface area contributed by atoms with Crippen molar-refractivity contribution in [3.8, 4) is 22.6 Å². The molecule has 0 radical (unpaired) electrons. The molecule has 6 rings (SSSR count). The van der Waals surface area contributed by atoms with Crippen molar-refractivity contribution < 1.29 is 43.9 Å². The van der Waals surface area contributed by atoms with E-state index < -0.39 is 23.8 Å². The molecule has 3 heterocycles. The van der Waals surface area contributed by atoms with Crippen LogP contribution >= 0.6 is 0 Å². The van der Waals surface area contributed by atoms with E-state index >= 15 is 0 Å². The smallest absolute Gasteiger partial charge is 0.375 e. The Morgan fingerprint density at radius 1 is 0.886 bits per heavy atom. The zero-order valence-electron chi connectivity index (χ0n) is 18.4. The molecule has 0 aromatic heterocycles. The fraction of sp³-hybridized carbons (Fsp3) is 0.269. The van der Waals surface area contributed by atoms with Gasteiger partial charge in [0.2, 0.25) is 17.7 Å². The average molecular weight is 476 g/mol. The Kier molecular flexibility index (Phi) is 4.56. The van der Waals surface area contributed by atoms with E-state index in [0.717, 1.165) is 5.56 Å². The van der Waals surface area contributed by atoms with Gasteiger partial charge in [-0.15, -0.1) is 0 Å². The van der Waals surface area contributed by atoms with Crippen molar-refractivity contribution in [2.75, 3.05) is 6.61 Å². The van der Waals surface area contributed by atoms with Crippen LogP contribution in [0.15, 0.2) is 58.9 Å². The molecule has 2 aromatic rings. The van der Waals surface area contributed by atoms with E-state index in [0.29, 0.717) is 28.7 Å². The van der Waals surface area contributed by atoms with E-state index in [1.807, 2.05) is 0 Å². The van der Waals surface area contributed by atoms with Crippen LogP contribution in [-0.2, 0) is 41.4 Å². The third kappa shape index (κ3) is 3.08. The van der Waals surface area contributed by atoms with Crippen LogP contribution in [0.3, 0.4) is 0 Å². The molecule has 2 aromatic carbocycles. The molecule has 9 nitrogen and oxygen atoms in total. The summed E-state index contributed by atoms with van der Waals surface area (Å²) < 4.78 is 16.6. The van der Waals surface area contributed by atoms with Gasteiger partial charge in [-0.25, -0.2) is 9.59 Å². The van der Waals surface area contributed by atoms with Crippen LogP contribution in [0.4, 0.5) is 0 Å². The van der Waals surface area contributed by atoms with Gasteiger partial charge in [-0.2, -0.15) is 0 Å². The van der Waals surface area contributed by atoms with Gasteiger partial charge in [-0.05, 0) is 47.4 Å². The number of aliphatic hydroxyl groups excluding tert-OH is 1. The van der Waals surface area contributed by atoms with Gasteiger partial charge < -0.3 is 29.5 Å². The van der Waals surface area contributed by atoms with Crippen molar-refractivity contribution in [1.29, 1.82) is 0 Å². The van der Waals surface area contributed by atoms with Gasteiger partial charge in [-0.1, -0.05) is 12.1 Å². The van der Waals surface area contributed by atoms with E-state index in [-0.39, 0.29) is 60.1 Å². The molecule has 4 bridgehead atoms. The lowest BCUT2D eigenvalue weighted by molar-refractivity contribution is -0.173. The molecule has 0 unspecified atom stereocenters. The van der Waals surface area contributed by atoms with E-state index in [4.69, 9.17) is 14.2 Å². The standard InChI is InChI=1S/C26H20O9/c27-17-4-1-12-7-8-33-25(32)26(11-13-2-5-18(28)16(10-13)15(17)9-12)21-14-3-6-19(29)20(14)23(30)34-22(21)24(31)35-26/h1-2,4-5,9-10,23,27-28,30H,3,6-8,11H2/t23-,26+/m0/s1. The molecular weight excluding hydrogens is 456 g/mol. The van der Waals surface area contributed by atoms with Crippen LogP contribution in [0.2, 0.25) is 0 Å². The molecule has 4 aliphatic rings. The molecule has 1 aliphatic carbocycles. The number of benzene rings is 2. The van der Waals surface area contributed by atoms with Crippen LogP contribution in [0.25, 0.3) is 11.1 Å². The molecular formula is C26H20O9. The Bertz CT molecular complexity index is 1400. The SMILES string of the molecule is O=C1CCC2=C1[C@@H](O)OC1=C2[C@@]2(Cc3ccc(O)c(c3)-c3cc(ccc3O)CCOC2=O)OC1=O. The van der Waals surface area contributed by atoms with Crippen LogP contribution in [0.5, 0.6) is 11.5 Å². The monoisotopic (exact) mass is 476 g/mol. The number of fused-ring (bicyclic) bond motifs is 7. The summed E-state index contributed by atoms with van der Waals surface area (Å²) >= 11 is 0. The van der Waals surface area contributed by atoms with Gasteiger partial charge in [0, 0.05) is 30.4 Å². The molecule has 2 atom stereocenters. The van der Waals surface area contributed by atoms with E-state index in [1.54, 1.807) is 24.3 Å². The predicted molar refractivity (Wildman–Crippen MR) is 118 cm³/mol. The number of Topliss-reactive ketones (excluding diaryl/α,β-unsaturated/α-hetero) is 1. The van der Waals surface area contributed by atoms with E-state index in [2.05, 4.69) is 0 Å². The number of ketones is 1. The summed E-state index contributed by atoms with van der Waals surface area (Å²) in [6.07, 6.45) is -1.15. The van der Waals surface area contributed by atoms with Crippen molar-refractivity contribution >= 4 is 17.7 Å². The molecule has 0 saturated heterocycles. The number of esters is 2. The lowest BCUT2D eigenvalue weighted by Gasteiger charge is -2.31. The number of aromatic hydroxyl groups is 2. The van der Waals surface area contributed by atoms with Crippen LogP contribution < -0.4 is 0 Å². The van der Waals surface area contributed by atoms with Gasteiger partial charge in [0.1, 0.15) is 11.5 Å². The first-order valence-corrected chi connectivity index (χ1v) is 11.2. The lowest BCUT2D eigenvalue weighted by Crippen LogP contribution is -2.46. The summed E-state index contributed by atoms with van der Waals surface area (Å²) in [5.41, 5.74) is 0.542. The third-order valence-corrected chi connectivity index (χ3v) is 6.91.